The molecule has 2 amide bonds. The van der Waals surface area contributed by atoms with Crippen molar-refractivity contribution >= 4 is 34.6 Å². The van der Waals surface area contributed by atoms with E-state index in [4.69, 9.17) is 16.3 Å². The van der Waals surface area contributed by atoms with Gasteiger partial charge in [-0.3, -0.25) is 19.5 Å². The Morgan fingerprint density at radius 1 is 1.48 bits per heavy atom. The minimum absolute atomic E-state index is 0.108. The number of hydrogen-bond donors (Lipinski definition) is 1. The average Bonchev–Trinajstić information content (AvgIpc) is 2.85. The molecule has 1 aliphatic heterocycles. The number of carbonyl (C=O) groups excluding carboxylic acids is 2. The number of amides is 2. The molecule has 0 radical (unpaired) electrons. The third-order valence-electron chi connectivity index (χ3n) is 3.35. The lowest BCUT2D eigenvalue weighted by Crippen LogP contribution is -2.42. The molecule has 3 rings (SSSR count). The Morgan fingerprint density at radius 2 is 2.29 bits per heavy atom. The van der Waals surface area contributed by atoms with Crippen molar-refractivity contribution in [3.63, 3.8) is 0 Å². The number of rotatable bonds is 3. The van der Waals surface area contributed by atoms with Crippen LogP contribution in [0.1, 0.15) is 24.7 Å². The lowest BCUT2D eigenvalue weighted by molar-refractivity contribution is -0.135. The fraction of sp³-hybridized carbons (Fsp3) is 0.417. The molecule has 1 fully saturated rings. The van der Waals surface area contributed by atoms with E-state index >= 15 is 0 Å². The van der Waals surface area contributed by atoms with Crippen molar-refractivity contribution in [3.05, 3.63) is 12.2 Å². The fourth-order valence-corrected chi connectivity index (χ4v) is 2.62. The normalized spacial score (nSPS) is 18.9. The van der Waals surface area contributed by atoms with E-state index in [1.807, 2.05) is 0 Å². The minimum Gasteiger partial charge on any atom is -0.479 e. The molecule has 2 aromatic rings. The lowest BCUT2D eigenvalue weighted by atomic mass is 10.1. The van der Waals surface area contributed by atoms with E-state index in [9.17, 15) is 9.59 Å². The first-order valence-corrected chi connectivity index (χ1v) is 6.84. The summed E-state index contributed by atoms with van der Waals surface area (Å²) in [5, 5.41) is 2.32. The monoisotopic (exact) mass is 309 g/mol. The summed E-state index contributed by atoms with van der Waals surface area (Å²) in [5.41, 5.74) is 0.910. The van der Waals surface area contributed by atoms with E-state index in [-0.39, 0.29) is 24.1 Å². The number of imide groups is 1. The largest absolute Gasteiger partial charge is 0.479 e. The van der Waals surface area contributed by atoms with Gasteiger partial charge < -0.3 is 4.74 Å². The molecule has 0 bridgehead atoms. The molecule has 0 aliphatic carbocycles. The Kier molecular flexibility index (Phi) is 3.46. The molecule has 1 unspecified atom stereocenters. The third kappa shape index (κ3) is 2.21. The Hall–Kier alpha value is -2.22. The number of aromatic nitrogens is 4. The maximum atomic E-state index is 12.1. The van der Waals surface area contributed by atoms with Crippen LogP contribution in [-0.4, -0.2) is 38.4 Å². The van der Waals surface area contributed by atoms with Crippen LogP contribution >= 0.6 is 11.6 Å². The molecule has 0 saturated carbocycles. The predicted octanol–water partition coefficient (Wildman–Crippen LogP) is 0.551. The molecule has 3 heterocycles. The summed E-state index contributed by atoms with van der Waals surface area (Å²) in [4.78, 5) is 35.9. The standard InChI is InChI=1S/C12H12ClN5O3/c1-21-12-9-10(14-5-15-12)18(7(4-13)16-9)6-2-3-8(19)17-11(6)20/h5-6H,2-4H2,1H3,(H,17,19,20). The number of piperidine rings is 1. The van der Waals surface area contributed by atoms with E-state index < -0.39 is 6.04 Å². The van der Waals surface area contributed by atoms with Crippen molar-refractivity contribution in [2.45, 2.75) is 24.8 Å². The van der Waals surface area contributed by atoms with Crippen molar-refractivity contribution in [1.82, 2.24) is 24.8 Å². The SMILES string of the molecule is COc1ncnc2c1nc(CCl)n2C1CCC(=O)NC1=O. The van der Waals surface area contributed by atoms with Crippen molar-refractivity contribution in [3.8, 4) is 5.88 Å². The van der Waals surface area contributed by atoms with Gasteiger partial charge in [-0.25, -0.2) is 9.97 Å². The maximum Gasteiger partial charge on any atom is 0.249 e. The number of imidazole rings is 1. The van der Waals surface area contributed by atoms with Gasteiger partial charge in [0.2, 0.25) is 17.7 Å². The number of methoxy groups -OCH3 is 1. The Balaban J connectivity index is 2.17. The third-order valence-corrected chi connectivity index (χ3v) is 3.59. The van der Waals surface area contributed by atoms with Gasteiger partial charge in [0, 0.05) is 6.42 Å². The van der Waals surface area contributed by atoms with Crippen molar-refractivity contribution < 1.29 is 14.3 Å². The molecule has 1 atom stereocenters. The van der Waals surface area contributed by atoms with Crippen LogP contribution in [0.15, 0.2) is 6.33 Å². The minimum atomic E-state index is -0.568. The van der Waals surface area contributed by atoms with Crippen molar-refractivity contribution in [2.75, 3.05) is 7.11 Å². The maximum absolute atomic E-state index is 12.1. The summed E-state index contributed by atoms with van der Waals surface area (Å²) < 4.78 is 6.79. The van der Waals surface area contributed by atoms with Crippen molar-refractivity contribution in [1.29, 1.82) is 0 Å². The molecule has 2 aromatic heterocycles. The number of nitrogens with zero attached hydrogens (tertiary/aromatic N) is 4. The number of ether oxygens (including phenoxy) is 1. The first kappa shape index (κ1) is 13.7. The lowest BCUT2D eigenvalue weighted by Gasteiger charge is -2.23. The molecule has 1 aliphatic rings. The zero-order chi connectivity index (χ0) is 15.0. The van der Waals surface area contributed by atoms with Gasteiger partial charge in [0.25, 0.3) is 0 Å². The van der Waals surface area contributed by atoms with Crippen LogP contribution in [0.3, 0.4) is 0 Å². The van der Waals surface area contributed by atoms with Gasteiger partial charge in [-0.15, -0.1) is 11.6 Å². The molecule has 0 spiro atoms. The second-order valence-corrected chi connectivity index (χ2v) is 4.82. The summed E-state index contributed by atoms with van der Waals surface area (Å²) in [6.45, 7) is 0. The summed E-state index contributed by atoms with van der Waals surface area (Å²) in [7, 11) is 1.48. The molecular weight excluding hydrogens is 298 g/mol. The molecule has 1 N–H and O–H groups in total. The summed E-state index contributed by atoms with van der Waals surface area (Å²) in [6, 6.07) is -0.568. The van der Waals surface area contributed by atoms with Gasteiger partial charge >= 0.3 is 0 Å². The molecule has 9 heteroatoms. The zero-order valence-corrected chi connectivity index (χ0v) is 11.9. The molecule has 0 aromatic carbocycles. The zero-order valence-electron chi connectivity index (χ0n) is 11.2. The van der Waals surface area contributed by atoms with Gasteiger partial charge in [0.1, 0.15) is 18.2 Å². The van der Waals surface area contributed by atoms with Crippen LogP contribution in [0.4, 0.5) is 0 Å². The number of alkyl halides is 1. The van der Waals surface area contributed by atoms with Crippen molar-refractivity contribution in [2.24, 2.45) is 0 Å². The van der Waals surface area contributed by atoms with Crippen LogP contribution in [0, 0.1) is 0 Å². The van der Waals surface area contributed by atoms with E-state index in [2.05, 4.69) is 20.3 Å². The molecule has 1 saturated heterocycles. The number of nitrogens with one attached hydrogen (secondary N) is 1. The number of fused-ring (bicyclic) bond motifs is 1. The van der Waals surface area contributed by atoms with Crippen LogP contribution in [-0.2, 0) is 15.5 Å². The van der Waals surface area contributed by atoms with Crippen LogP contribution < -0.4 is 10.1 Å². The van der Waals surface area contributed by atoms with E-state index in [0.29, 0.717) is 29.3 Å². The Labute approximate surface area is 124 Å². The number of hydrogen-bond acceptors (Lipinski definition) is 6. The van der Waals surface area contributed by atoms with Gasteiger partial charge in [-0.05, 0) is 6.42 Å². The van der Waals surface area contributed by atoms with Gasteiger partial charge in [0.05, 0.1) is 13.0 Å². The van der Waals surface area contributed by atoms with Crippen LogP contribution in [0.5, 0.6) is 5.88 Å². The predicted molar refractivity (Wildman–Crippen MR) is 72.9 cm³/mol. The van der Waals surface area contributed by atoms with Gasteiger partial charge in [0.15, 0.2) is 11.2 Å². The highest BCUT2D eigenvalue weighted by Gasteiger charge is 2.32. The number of halogens is 1. The topological polar surface area (TPSA) is 99.0 Å². The van der Waals surface area contributed by atoms with E-state index in [1.54, 1.807) is 4.57 Å². The molecule has 8 nitrogen and oxygen atoms in total. The summed E-state index contributed by atoms with van der Waals surface area (Å²) in [6.07, 6.45) is 1.98. The second kappa shape index (κ2) is 5.28. The first-order valence-electron chi connectivity index (χ1n) is 6.31. The first-order chi connectivity index (χ1) is 10.2. The molecule has 110 valence electrons. The quantitative estimate of drug-likeness (QED) is 0.656. The van der Waals surface area contributed by atoms with Crippen LogP contribution in [0.25, 0.3) is 11.2 Å². The van der Waals surface area contributed by atoms with Gasteiger partial charge in [-0.2, -0.15) is 4.98 Å². The highest BCUT2D eigenvalue weighted by Crippen LogP contribution is 2.29. The summed E-state index contributed by atoms with van der Waals surface area (Å²) >= 11 is 5.92. The van der Waals surface area contributed by atoms with E-state index in [0.717, 1.165) is 0 Å². The van der Waals surface area contributed by atoms with Crippen LogP contribution in [0.2, 0.25) is 0 Å². The summed E-state index contributed by atoms with van der Waals surface area (Å²) in [5.74, 6) is 0.254. The smallest absolute Gasteiger partial charge is 0.249 e. The Morgan fingerprint density at radius 3 is 2.95 bits per heavy atom. The van der Waals surface area contributed by atoms with E-state index in [1.165, 1.54) is 13.4 Å². The fourth-order valence-electron chi connectivity index (χ4n) is 2.43. The van der Waals surface area contributed by atoms with Gasteiger partial charge in [-0.1, -0.05) is 0 Å². The average molecular weight is 310 g/mol. The second-order valence-electron chi connectivity index (χ2n) is 4.55. The molecule has 21 heavy (non-hydrogen) atoms. The number of carbonyl (C=O) groups is 2. The highest BCUT2D eigenvalue weighted by atomic mass is 35.5. The molecular formula is C12H12ClN5O3. The highest BCUT2D eigenvalue weighted by molar-refractivity contribution is 6.17. The Bertz CT molecular complexity index is 729.